The second-order valence-corrected chi connectivity index (χ2v) is 4.59. The van der Waals surface area contributed by atoms with Gasteiger partial charge in [0.15, 0.2) is 5.82 Å². The van der Waals surface area contributed by atoms with Crippen molar-refractivity contribution < 1.29 is 0 Å². The SMILES string of the molecule is CCc1cc(NC)nc(-c2ccc(Br)cc2)n1. The first-order valence-electron chi connectivity index (χ1n) is 5.54. The standard InChI is InChI=1S/C13H14BrN3/c1-3-11-8-12(15-2)17-13(16-11)9-4-6-10(14)7-5-9/h4-8H,3H2,1-2H3,(H,15,16,17). The van der Waals surface area contributed by atoms with E-state index in [0.29, 0.717) is 0 Å². The Labute approximate surface area is 109 Å². The van der Waals surface area contributed by atoms with Crippen molar-refractivity contribution in [3.63, 3.8) is 0 Å². The highest BCUT2D eigenvalue weighted by atomic mass is 79.9. The van der Waals surface area contributed by atoms with E-state index < -0.39 is 0 Å². The van der Waals surface area contributed by atoms with Gasteiger partial charge in [0.25, 0.3) is 0 Å². The Balaban J connectivity index is 2.46. The largest absolute Gasteiger partial charge is 0.373 e. The quantitative estimate of drug-likeness (QED) is 0.940. The molecule has 1 aromatic heterocycles. The first-order valence-corrected chi connectivity index (χ1v) is 6.34. The highest BCUT2D eigenvalue weighted by molar-refractivity contribution is 9.10. The summed E-state index contributed by atoms with van der Waals surface area (Å²) in [5.41, 5.74) is 2.07. The zero-order valence-electron chi connectivity index (χ0n) is 9.87. The van der Waals surface area contributed by atoms with Gasteiger partial charge in [-0.1, -0.05) is 35.0 Å². The van der Waals surface area contributed by atoms with Gasteiger partial charge in [-0.3, -0.25) is 0 Å². The number of aromatic nitrogens is 2. The summed E-state index contributed by atoms with van der Waals surface area (Å²) in [7, 11) is 1.87. The fraction of sp³-hybridized carbons (Fsp3) is 0.231. The summed E-state index contributed by atoms with van der Waals surface area (Å²) in [5.74, 6) is 1.62. The van der Waals surface area contributed by atoms with E-state index in [1.54, 1.807) is 0 Å². The molecule has 0 radical (unpaired) electrons. The van der Waals surface area contributed by atoms with Crippen LogP contribution in [-0.2, 0) is 6.42 Å². The van der Waals surface area contributed by atoms with E-state index in [0.717, 1.165) is 33.8 Å². The van der Waals surface area contributed by atoms with Crippen molar-refractivity contribution in [2.24, 2.45) is 0 Å². The molecule has 0 saturated heterocycles. The van der Waals surface area contributed by atoms with Crippen molar-refractivity contribution in [2.75, 3.05) is 12.4 Å². The van der Waals surface area contributed by atoms with Crippen molar-refractivity contribution in [1.82, 2.24) is 9.97 Å². The number of aryl methyl sites for hydroxylation is 1. The number of nitrogens with one attached hydrogen (secondary N) is 1. The Kier molecular flexibility index (Phi) is 3.74. The van der Waals surface area contributed by atoms with Crippen LogP contribution in [0.1, 0.15) is 12.6 Å². The van der Waals surface area contributed by atoms with Crippen LogP contribution in [0.15, 0.2) is 34.8 Å². The van der Waals surface area contributed by atoms with Crippen LogP contribution < -0.4 is 5.32 Å². The van der Waals surface area contributed by atoms with Gasteiger partial charge in [-0.15, -0.1) is 0 Å². The van der Waals surface area contributed by atoms with Gasteiger partial charge < -0.3 is 5.32 Å². The molecular formula is C13H14BrN3. The summed E-state index contributed by atoms with van der Waals surface area (Å²) in [6.45, 7) is 2.09. The van der Waals surface area contributed by atoms with Gasteiger partial charge >= 0.3 is 0 Å². The van der Waals surface area contributed by atoms with E-state index in [4.69, 9.17) is 0 Å². The Bertz CT molecular complexity index is 486. The van der Waals surface area contributed by atoms with Crippen LogP contribution in [0.2, 0.25) is 0 Å². The lowest BCUT2D eigenvalue weighted by atomic mass is 10.2. The molecule has 0 amide bonds. The molecule has 0 saturated carbocycles. The number of rotatable bonds is 3. The van der Waals surface area contributed by atoms with E-state index in [2.05, 4.69) is 38.1 Å². The van der Waals surface area contributed by atoms with Crippen molar-refractivity contribution in [1.29, 1.82) is 0 Å². The van der Waals surface area contributed by atoms with Crippen LogP contribution in [0.5, 0.6) is 0 Å². The molecule has 1 heterocycles. The van der Waals surface area contributed by atoms with Gasteiger partial charge in [0, 0.05) is 28.8 Å². The third kappa shape index (κ3) is 2.82. The minimum Gasteiger partial charge on any atom is -0.373 e. The van der Waals surface area contributed by atoms with E-state index in [9.17, 15) is 0 Å². The van der Waals surface area contributed by atoms with E-state index in [1.807, 2.05) is 37.4 Å². The van der Waals surface area contributed by atoms with Crippen molar-refractivity contribution in [3.8, 4) is 11.4 Å². The van der Waals surface area contributed by atoms with Gasteiger partial charge in [0.2, 0.25) is 0 Å². The van der Waals surface area contributed by atoms with Crippen LogP contribution in [0.25, 0.3) is 11.4 Å². The summed E-state index contributed by atoms with van der Waals surface area (Å²) < 4.78 is 1.06. The number of hydrogen-bond acceptors (Lipinski definition) is 3. The molecule has 3 nitrogen and oxygen atoms in total. The molecule has 0 spiro atoms. The Hall–Kier alpha value is -1.42. The predicted molar refractivity (Wildman–Crippen MR) is 74.1 cm³/mol. The summed E-state index contributed by atoms with van der Waals surface area (Å²) >= 11 is 3.42. The molecule has 0 aliphatic carbocycles. The van der Waals surface area contributed by atoms with Gasteiger partial charge in [0.1, 0.15) is 5.82 Å². The predicted octanol–water partition coefficient (Wildman–Crippen LogP) is 3.51. The first-order chi connectivity index (χ1) is 8.22. The fourth-order valence-corrected chi connectivity index (χ4v) is 1.80. The lowest BCUT2D eigenvalue weighted by Gasteiger charge is -2.06. The average molecular weight is 292 g/mol. The first kappa shape index (κ1) is 12.0. The lowest BCUT2D eigenvalue weighted by Crippen LogP contribution is -2.00. The summed E-state index contributed by atoms with van der Waals surface area (Å²) in [6.07, 6.45) is 0.904. The van der Waals surface area contributed by atoms with E-state index >= 15 is 0 Å². The molecule has 0 aliphatic rings. The number of benzene rings is 1. The molecule has 0 fully saturated rings. The molecule has 0 atom stereocenters. The molecule has 2 rings (SSSR count). The smallest absolute Gasteiger partial charge is 0.161 e. The highest BCUT2D eigenvalue weighted by Crippen LogP contribution is 2.20. The van der Waals surface area contributed by atoms with E-state index in [1.165, 1.54) is 0 Å². The number of hydrogen-bond donors (Lipinski definition) is 1. The van der Waals surface area contributed by atoms with Crippen molar-refractivity contribution in [3.05, 3.63) is 40.5 Å². The number of nitrogens with zero attached hydrogens (tertiary/aromatic N) is 2. The third-order valence-electron chi connectivity index (χ3n) is 2.50. The van der Waals surface area contributed by atoms with Crippen molar-refractivity contribution in [2.45, 2.75) is 13.3 Å². The molecule has 1 aromatic carbocycles. The second kappa shape index (κ2) is 5.27. The molecule has 4 heteroatoms. The average Bonchev–Trinajstić information content (AvgIpc) is 2.39. The Morgan fingerprint density at radius 3 is 2.47 bits per heavy atom. The molecule has 88 valence electrons. The molecule has 2 aromatic rings. The van der Waals surface area contributed by atoms with Crippen molar-refractivity contribution >= 4 is 21.7 Å². The highest BCUT2D eigenvalue weighted by Gasteiger charge is 2.05. The van der Waals surface area contributed by atoms with Gasteiger partial charge in [0.05, 0.1) is 0 Å². The molecular weight excluding hydrogens is 278 g/mol. The monoisotopic (exact) mass is 291 g/mol. The number of halogens is 1. The Morgan fingerprint density at radius 2 is 1.88 bits per heavy atom. The van der Waals surface area contributed by atoms with Gasteiger partial charge in [-0.25, -0.2) is 9.97 Å². The maximum Gasteiger partial charge on any atom is 0.161 e. The minimum absolute atomic E-state index is 0.765. The summed E-state index contributed by atoms with van der Waals surface area (Å²) in [6, 6.07) is 9.99. The molecule has 0 unspecified atom stereocenters. The zero-order valence-corrected chi connectivity index (χ0v) is 11.5. The summed E-state index contributed by atoms with van der Waals surface area (Å²) in [4.78, 5) is 9.00. The second-order valence-electron chi connectivity index (χ2n) is 3.68. The Morgan fingerprint density at radius 1 is 1.18 bits per heavy atom. The van der Waals surface area contributed by atoms with Crippen LogP contribution in [0.4, 0.5) is 5.82 Å². The van der Waals surface area contributed by atoms with Crippen LogP contribution in [0.3, 0.4) is 0 Å². The molecule has 1 N–H and O–H groups in total. The molecule has 0 aliphatic heterocycles. The normalized spacial score (nSPS) is 10.3. The van der Waals surface area contributed by atoms with Crippen LogP contribution >= 0.6 is 15.9 Å². The fourth-order valence-electron chi connectivity index (χ4n) is 1.53. The maximum absolute atomic E-state index is 4.53. The number of anilines is 1. The van der Waals surface area contributed by atoms with Crippen LogP contribution in [-0.4, -0.2) is 17.0 Å². The van der Waals surface area contributed by atoms with E-state index in [-0.39, 0.29) is 0 Å². The summed E-state index contributed by atoms with van der Waals surface area (Å²) in [5, 5.41) is 3.06. The minimum atomic E-state index is 0.765. The molecule has 17 heavy (non-hydrogen) atoms. The lowest BCUT2D eigenvalue weighted by molar-refractivity contribution is 1.01. The third-order valence-corrected chi connectivity index (χ3v) is 3.03. The molecule has 0 bridgehead atoms. The van der Waals surface area contributed by atoms with Gasteiger partial charge in [-0.2, -0.15) is 0 Å². The van der Waals surface area contributed by atoms with Gasteiger partial charge in [-0.05, 0) is 18.6 Å². The maximum atomic E-state index is 4.53. The zero-order chi connectivity index (χ0) is 12.3. The van der Waals surface area contributed by atoms with Crippen LogP contribution in [0, 0.1) is 0 Å². The topological polar surface area (TPSA) is 37.8 Å².